The van der Waals surface area contributed by atoms with Crippen LogP contribution in [0.15, 0.2) is 146 Å². The van der Waals surface area contributed by atoms with Crippen LogP contribution in [0.4, 0.5) is 4.39 Å². The Morgan fingerprint density at radius 3 is 1.10 bits per heavy atom. The molecule has 0 N–H and O–H groups in total. The van der Waals surface area contributed by atoms with Crippen LogP contribution < -0.4 is 0 Å². The molecule has 0 spiro atoms. The van der Waals surface area contributed by atoms with Crippen LogP contribution >= 0.6 is 0 Å². The van der Waals surface area contributed by atoms with Crippen molar-refractivity contribution in [3.05, 3.63) is 151 Å². The minimum Gasteiger partial charge on any atom is -0.208 e. The van der Waals surface area contributed by atoms with Gasteiger partial charge in [0.1, 0.15) is 5.82 Å². The van der Waals surface area contributed by atoms with Gasteiger partial charge < -0.3 is 0 Å². The van der Waals surface area contributed by atoms with E-state index in [9.17, 15) is 4.39 Å². The van der Waals surface area contributed by atoms with E-state index in [4.69, 9.17) is 15.0 Å². The molecule has 0 aliphatic rings. The van der Waals surface area contributed by atoms with Gasteiger partial charge in [-0.25, -0.2) is 19.3 Å². The van der Waals surface area contributed by atoms with Crippen LogP contribution in [0.3, 0.4) is 0 Å². The molecule has 0 amide bonds. The van der Waals surface area contributed by atoms with Crippen molar-refractivity contribution in [1.29, 1.82) is 0 Å². The number of rotatable bonds is 5. The highest BCUT2D eigenvalue weighted by atomic mass is 19.1. The van der Waals surface area contributed by atoms with Crippen LogP contribution in [-0.4, -0.2) is 15.0 Å². The van der Waals surface area contributed by atoms with Crippen molar-refractivity contribution in [3.63, 3.8) is 0 Å². The van der Waals surface area contributed by atoms with Gasteiger partial charge in [0.25, 0.3) is 0 Å². The highest BCUT2D eigenvalue weighted by molar-refractivity contribution is 5.91. The first-order valence-corrected chi connectivity index (χ1v) is 13.5. The second-order valence-electron chi connectivity index (χ2n) is 9.90. The van der Waals surface area contributed by atoms with E-state index in [1.54, 1.807) is 0 Å². The van der Waals surface area contributed by atoms with Gasteiger partial charge in [-0.05, 0) is 57.3 Å². The summed E-state index contributed by atoms with van der Waals surface area (Å²) < 4.78 is 13.3. The molecule has 0 unspecified atom stereocenters. The molecule has 0 fully saturated rings. The summed E-state index contributed by atoms with van der Waals surface area (Å²) in [5, 5.41) is 2.29. The Kier molecular flexibility index (Phi) is 6.34. The normalized spacial score (nSPS) is 11.0. The molecule has 0 atom stereocenters. The van der Waals surface area contributed by atoms with E-state index in [-0.39, 0.29) is 5.82 Å². The number of hydrogen-bond acceptors (Lipinski definition) is 3. The first-order chi connectivity index (χ1) is 20.2. The fraction of sp³-hybridized carbons (Fsp3) is 0. The molecule has 0 saturated heterocycles. The summed E-state index contributed by atoms with van der Waals surface area (Å²) in [6.07, 6.45) is 0. The lowest BCUT2D eigenvalue weighted by atomic mass is 9.97. The fourth-order valence-electron chi connectivity index (χ4n) is 5.00. The molecule has 1 aromatic heterocycles. The van der Waals surface area contributed by atoms with Crippen LogP contribution in [0.5, 0.6) is 0 Å². The summed E-state index contributed by atoms with van der Waals surface area (Å²) in [4.78, 5) is 14.5. The highest BCUT2D eigenvalue weighted by Crippen LogP contribution is 2.30. The van der Waals surface area contributed by atoms with Crippen LogP contribution in [0.1, 0.15) is 0 Å². The SMILES string of the molecule is Fc1ccc(-c2ccc3cc(-c4ccc(-c5nc(-c6ccccc6)nc(-c6ccccc6)n5)cc4)ccc3c2)cc1. The Labute approximate surface area is 237 Å². The van der Waals surface area contributed by atoms with E-state index in [0.717, 1.165) is 49.7 Å². The third kappa shape index (κ3) is 5.11. The third-order valence-electron chi connectivity index (χ3n) is 7.19. The Bertz CT molecular complexity index is 1910. The van der Waals surface area contributed by atoms with Crippen LogP contribution in [0.2, 0.25) is 0 Å². The molecule has 0 aliphatic carbocycles. The molecule has 0 radical (unpaired) electrons. The molecular weight excluding hydrogens is 505 g/mol. The van der Waals surface area contributed by atoms with Gasteiger partial charge >= 0.3 is 0 Å². The first-order valence-electron chi connectivity index (χ1n) is 13.5. The fourth-order valence-corrected chi connectivity index (χ4v) is 5.00. The average Bonchev–Trinajstić information content (AvgIpc) is 3.05. The monoisotopic (exact) mass is 529 g/mol. The predicted molar refractivity (Wildman–Crippen MR) is 164 cm³/mol. The van der Waals surface area contributed by atoms with Gasteiger partial charge in [0.15, 0.2) is 17.5 Å². The Balaban J connectivity index is 1.22. The Hall–Kier alpha value is -5.48. The summed E-state index contributed by atoms with van der Waals surface area (Å²) >= 11 is 0. The summed E-state index contributed by atoms with van der Waals surface area (Å²) in [7, 11) is 0. The molecule has 7 aromatic rings. The molecule has 3 nitrogen and oxygen atoms in total. The number of aromatic nitrogens is 3. The standard InChI is InChI=1S/C37H24FN3/c38-34-21-19-26(20-22-34)31-16-18-32-23-30(15-17-33(32)24-31)25-11-13-29(14-12-25)37-40-35(27-7-3-1-4-8-27)39-36(41-37)28-9-5-2-6-10-28/h1-24H. The van der Waals surface area contributed by atoms with Crippen molar-refractivity contribution in [3.8, 4) is 56.4 Å². The first kappa shape index (κ1) is 24.6. The maximum absolute atomic E-state index is 13.3. The van der Waals surface area contributed by atoms with E-state index in [1.807, 2.05) is 72.8 Å². The van der Waals surface area contributed by atoms with Crippen molar-refractivity contribution in [2.75, 3.05) is 0 Å². The van der Waals surface area contributed by atoms with Crippen molar-refractivity contribution >= 4 is 10.8 Å². The average molecular weight is 530 g/mol. The Morgan fingerprint density at radius 2 is 0.659 bits per heavy atom. The minimum absolute atomic E-state index is 0.228. The summed E-state index contributed by atoms with van der Waals surface area (Å²) in [6, 6.07) is 47.7. The lowest BCUT2D eigenvalue weighted by molar-refractivity contribution is 0.628. The molecule has 4 heteroatoms. The lowest BCUT2D eigenvalue weighted by Gasteiger charge is -2.10. The van der Waals surface area contributed by atoms with Gasteiger partial charge in [0, 0.05) is 16.7 Å². The van der Waals surface area contributed by atoms with E-state index >= 15 is 0 Å². The zero-order valence-corrected chi connectivity index (χ0v) is 22.1. The van der Waals surface area contributed by atoms with Crippen molar-refractivity contribution in [1.82, 2.24) is 15.0 Å². The van der Waals surface area contributed by atoms with Crippen molar-refractivity contribution in [2.45, 2.75) is 0 Å². The summed E-state index contributed by atoms with van der Waals surface area (Å²) in [5.74, 6) is 1.70. The molecular formula is C37H24FN3. The minimum atomic E-state index is -0.228. The zero-order valence-electron chi connectivity index (χ0n) is 22.1. The van der Waals surface area contributed by atoms with Gasteiger partial charge in [0.2, 0.25) is 0 Å². The second kappa shape index (κ2) is 10.6. The topological polar surface area (TPSA) is 38.7 Å². The number of benzene rings is 6. The van der Waals surface area contributed by atoms with E-state index in [2.05, 4.69) is 60.7 Å². The van der Waals surface area contributed by atoms with Gasteiger partial charge in [-0.1, -0.05) is 121 Å². The molecule has 194 valence electrons. The zero-order chi connectivity index (χ0) is 27.6. The summed E-state index contributed by atoms with van der Waals surface area (Å²) in [6.45, 7) is 0. The van der Waals surface area contributed by atoms with Gasteiger partial charge in [-0.3, -0.25) is 0 Å². The van der Waals surface area contributed by atoms with Crippen LogP contribution in [-0.2, 0) is 0 Å². The van der Waals surface area contributed by atoms with Gasteiger partial charge in [0.05, 0.1) is 0 Å². The predicted octanol–water partition coefficient (Wildman–Crippen LogP) is 9.50. The maximum Gasteiger partial charge on any atom is 0.164 e. The molecule has 7 rings (SSSR count). The van der Waals surface area contributed by atoms with Crippen LogP contribution in [0, 0.1) is 5.82 Å². The third-order valence-corrected chi connectivity index (χ3v) is 7.19. The van der Waals surface area contributed by atoms with Crippen LogP contribution in [0.25, 0.3) is 67.2 Å². The quantitative estimate of drug-likeness (QED) is 0.223. The molecule has 1 heterocycles. The number of hydrogen-bond donors (Lipinski definition) is 0. The largest absolute Gasteiger partial charge is 0.208 e. The number of fused-ring (bicyclic) bond motifs is 1. The molecule has 0 saturated carbocycles. The van der Waals surface area contributed by atoms with Crippen molar-refractivity contribution in [2.24, 2.45) is 0 Å². The molecule has 0 aliphatic heterocycles. The Morgan fingerprint density at radius 1 is 0.317 bits per heavy atom. The van der Waals surface area contributed by atoms with E-state index in [0.29, 0.717) is 17.5 Å². The highest BCUT2D eigenvalue weighted by Gasteiger charge is 2.12. The molecule has 6 aromatic carbocycles. The molecule has 41 heavy (non-hydrogen) atoms. The number of halogens is 1. The maximum atomic E-state index is 13.3. The second-order valence-corrected chi connectivity index (χ2v) is 9.90. The summed E-state index contributed by atoms with van der Waals surface area (Å²) in [5.41, 5.74) is 7.12. The smallest absolute Gasteiger partial charge is 0.164 e. The lowest BCUT2D eigenvalue weighted by Crippen LogP contribution is -2.00. The van der Waals surface area contributed by atoms with E-state index < -0.39 is 0 Å². The number of nitrogens with zero attached hydrogens (tertiary/aromatic N) is 3. The molecule has 0 bridgehead atoms. The van der Waals surface area contributed by atoms with Gasteiger partial charge in [-0.15, -0.1) is 0 Å². The van der Waals surface area contributed by atoms with Gasteiger partial charge in [-0.2, -0.15) is 0 Å². The van der Waals surface area contributed by atoms with E-state index in [1.165, 1.54) is 12.1 Å². The van der Waals surface area contributed by atoms with Crippen molar-refractivity contribution < 1.29 is 4.39 Å².